The number of benzene rings is 1. The molecule has 0 heterocycles. The van der Waals surface area contributed by atoms with Crippen molar-refractivity contribution >= 4 is 5.97 Å². The molecule has 0 bridgehead atoms. The van der Waals surface area contributed by atoms with Gasteiger partial charge in [0, 0.05) is 6.42 Å². The highest BCUT2D eigenvalue weighted by Gasteiger charge is 2.08. The Bertz CT molecular complexity index is 346. The highest BCUT2D eigenvalue weighted by Crippen LogP contribution is 2.14. The van der Waals surface area contributed by atoms with Gasteiger partial charge in [0.1, 0.15) is 5.82 Å². The summed E-state index contributed by atoms with van der Waals surface area (Å²) in [5, 5.41) is 0. The Morgan fingerprint density at radius 1 is 1.35 bits per heavy atom. The number of rotatable bonds is 6. The maximum Gasteiger partial charge on any atom is 0.305 e. The quantitative estimate of drug-likeness (QED) is 0.710. The van der Waals surface area contributed by atoms with Crippen molar-refractivity contribution in [1.82, 2.24) is 0 Å². The lowest BCUT2D eigenvalue weighted by atomic mass is 9.97. The maximum atomic E-state index is 12.7. The molecule has 0 spiro atoms. The van der Waals surface area contributed by atoms with Gasteiger partial charge in [-0.2, -0.15) is 0 Å². The third kappa shape index (κ3) is 5.48. The first-order valence-electron chi connectivity index (χ1n) is 6.02. The van der Waals surface area contributed by atoms with Crippen molar-refractivity contribution in [3.05, 3.63) is 35.6 Å². The molecule has 17 heavy (non-hydrogen) atoms. The van der Waals surface area contributed by atoms with E-state index >= 15 is 0 Å². The normalized spacial score (nSPS) is 12.2. The Morgan fingerprint density at radius 2 is 2.00 bits per heavy atom. The Labute approximate surface area is 102 Å². The molecule has 2 nitrogen and oxygen atoms in total. The van der Waals surface area contributed by atoms with Gasteiger partial charge in [0.15, 0.2) is 0 Å². The molecular formula is C14H19FO2. The topological polar surface area (TPSA) is 26.3 Å². The van der Waals surface area contributed by atoms with Crippen LogP contribution in [-0.2, 0) is 16.0 Å². The molecule has 0 saturated heterocycles. The first-order valence-corrected chi connectivity index (χ1v) is 6.02. The second-order valence-corrected chi connectivity index (χ2v) is 4.28. The molecule has 0 saturated carbocycles. The van der Waals surface area contributed by atoms with Crippen LogP contribution in [0.15, 0.2) is 24.3 Å². The van der Waals surface area contributed by atoms with Crippen LogP contribution in [0.1, 0.15) is 32.3 Å². The highest BCUT2D eigenvalue weighted by atomic mass is 19.1. The minimum Gasteiger partial charge on any atom is -0.466 e. The van der Waals surface area contributed by atoms with Gasteiger partial charge in [0.25, 0.3) is 0 Å². The van der Waals surface area contributed by atoms with Gasteiger partial charge in [-0.05, 0) is 43.4 Å². The number of carbonyl (C=O) groups is 1. The second-order valence-electron chi connectivity index (χ2n) is 4.28. The van der Waals surface area contributed by atoms with Gasteiger partial charge in [-0.3, -0.25) is 4.79 Å². The zero-order valence-corrected chi connectivity index (χ0v) is 10.4. The molecule has 0 aliphatic heterocycles. The summed E-state index contributed by atoms with van der Waals surface area (Å²) in [7, 11) is 0. The zero-order valence-electron chi connectivity index (χ0n) is 10.4. The number of esters is 1. The third-order valence-electron chi connectivity index (χ3n) is 2.64. The molecule has 1 rings (SSSR count). The first-order chi connectivity index (χ1) is 8.11. The summed E-state index contributed by atoms with van der Waals surface area (Å²) < 4.78 is 17.6. The Hall–Kier alpha value is -1.38. The van der Waals surface area contributed by atoms with Crippen LogP contribution in [0.3, 0.4) is 0 Å². The van der Waals surface area contributed by atoms with E-state index in [0.29, 0.717) is 18.9 Å². The van der Waals surface area contributed by atoms with Crippen molar-refractivity contribution < 1.29 is 13.9 Å². The van der Waals surface area contributed by atoms with Crippen molar-refractivity contribution in [2.24, 2.45) is 5.92 Å². The van der Waals surface area contributed by atoms with Crippen molar-refractivity contribution in [1.29, 1.82) is 0 Å². The highest BCUT2D eigenvalue weighted by molar-refractivity contribution is 5.69. The Kier molecular flexibility index (Phi) is 5.67. The van der Waals surface area contributed by atoms with Gasteiger partial charge in [-0.15, -0.1) is 0 Å². The van der Waals surface area contributed by atoms with Crippen molar-refractivity contribution in [3.63, 3.8) is 0 Å². The average Bonchev–Trinajstić information content (AvgIpc) is 2.30. The molecule has 0 radical (unpaired) electrons. The monoisotopic (exact) mass is 238 g/mol. The van der Waals surface area contributed by atoms with E-state index in [1.807, 2.05) is 0 Å². The van der Waals surface area contributed by atoms with E-state index in [1.165, 1.54) is 12.1 Å². The molecule has 0 unspecified atom stereocenters. The van der Waals surface area contributed by atoms with Crippen LogP contribution in [0.5, 0.6) is 0 Å². The van der Waals surface area contributed by atoms with Crippen molar-refractivity contribution in [2.45, 2.75) is 33.1 Å². The smallest absolute Gasteiger partial charge is 0.305 e. The summed E-state index contributed by atoms with van der Waals surface area (Å²) >= 11 is 0. The lowest BCUT2D eigenvalue weighted by Gasteiger charge is -2.10. The molecule has 3 heteroatoms. The standard InChI is InChI=1S/C14H19FO2/c1-3-17-14(16)9-4-11(2)10-12-5-7-13(15)8-6-12/h5-8,11H,3-4,9-10H2,1-2H3/t11-/m1/s1. The van der Waals surface area contributed by atoms with Crippen LogP contribution in [0.25, 0.3) is 0 Å². The molecular weight excluding hydrogens is 219 g/mol. The predicted molar refractivity (Wildman–Crippen MR) is 65.1 cm³/mol. The summed E-state index contributed by atoms with van der Waals surface area (Å²) in [5.74, 6) is 0.0382. The molecule has 0 N–H and O–H groups in total. The van der Waals surface area contributed by atoms with E-state index in [2.05, 4.69) is 6.92 Å². The molecule has 1 aromatic rings. The number of ether oxygens (including phenoxy) is 1. The summed E-state index contributed by atoms with van der Waals surface area (Å²) in [5.41, 5.74) is 1.10. The predicted octanol–water partition coefficient (Wildman–Crippen LogP) is 3.35. The van der Waals surface area contributed by atoms with Crippen LogP contribution in [0.2, 0.25) is 0 Å². The van der Waals surface area contributed by atoms with Gasteiger partial charge in [-0.25, -0.2) is 4.39 Å². The summed E-state index contributed by atoms with van der Waals surface area (Å²) in [6.45, 7) is 4.33. The van der Waals surface area contributed by atoms with Crippen LogP contribution in [-0.4, -0.2) is 12.6 Å². The Morgan fingerprint density at radius 3 is 2.59 bits per heavy atom. The largest absolute Gasteiger partial charge is 0.466 e. The van der Waals surface area contributed by atoms with Crippen LogP contribution in [0, 0.1) is 11.7 Å². The fourth-order valence-corrected chi connectivity index (χ4v) is 1.72. The summed E-state index contributed by atoms with van der Waals surface area (Å²) in [6.07, 6.45) is 2.12. The molecule has 1 atom stereocenters. The number of hydrogen-bond donors (Lipinski definition) is 0. The fourth-order valence-electron chi connectivity index (χ4n) is 1.72. The summed E-state index contributed by atoms with van der Waals surface area (Å²) in [6, 6.07) is 6.51. The first kappa shape index (κ1) is 13.7. The molecule has 0 fully saturated rings. The maximum absolute atomic E-state index is 12.7. The van der Waals surface area contributed by atoms with E-state index in [9.17, 15) is 9.18 Å². The van der Waals surface area contributed by atoms with Crippen molar-refractivity contribution in [2.75, 3.05) is 6.61 Å². The lowest BCUT2D eigenvalue weighted by molar-refractivity contribution is -0.143. The van der Waals surface area contributed by atoms with Gasteiger partial charge in [0.05, 0.1) is 6.61 Å². The SMILES string of the molecule is CCOC(=O)CC[C@@H](C)Cc1ccc(F)cc1. The molecule has 94 valence electrons. The van der Waals surface area contributed by atoms with Crippen molar-refractivity contribution in [3.8, 4) is 0 Å². The zero-order chi connectivity index (χ0) is 12.7. The Balaban J connectivity index is 2.31. The minimum absolute atomic E-state index is 0.140. The molecule has 0 aliphatic rings. The molecule has 0 aromatic heterocycles. The van der Waals surface area contributed by atoms with E-state index < -0.39 is 0 Å². The number of halogens is 1. The molecule has 0 amide bonds. The summed E-state index contributed by atoms with van der Waals surface area (Å²) in [4.78, 5) is 11.2. The third-order valence-corrected chi connectivity index (χ3v) is 2.64. The molecule has 1 aromatic carbocycles. The lowest BCUT2D eigenvalue weighted by Crippen LogP contribution is -2.08. The molecule has 0 aliphatic carbocycles. The minimum atomic E-state index is -0.215. The van der Waals surface area contributed by atoms with E-state index in [-0.39, 0.29) is 11.8 Å². The van der Waals surface area contributed by atoms with Gasteiger partial charge >= 0.3 is 5.97 Å². The van der Waals surface area contributed by atoms with E-state index in [0.717, 1.165) is 18.4 Å². The van der Waals surface area contributed by atoms with Crippen LogP contribution in [0.4, 0.5) is 4.39 Å². The second kappa shape index (κ2) is 7.05. The van der Waals surface area contributed by atoms with Gasteiger partial charge in [-0.1, -0.05) is 19.1 Å². The van der Waals surface area contributed by atoms with Crippen LogP contribution < -0.4 is 0 Å². The number of carbonyl (C=O) groups excluding carboxylic acids is 1. The van der Waals surface area contributed by atoms with Gasteiger partial charge in [0.2, 0.25) is 0 Å². The number of hydrogen-bond acceptors (Lipinski definition) is 2. The van der Waals surface area contributed by atoms with Crippen LogP contribution >= 0.6 is 0 Å². The van der Waals surface area contributed by atoms with Gasteiger partial charge < -0.3 is 4.74 Å². The van der Waals surface area contributed by atoms with E-state index in [4.69, 9.17) is 4.74 Å². The van der Waals surface area contributed by atoms with E-state index in [1.54, 1.807) is 19.1 Å². The fraction of sp³-hybridized carbons (Fsp3) is 0.500. The average molecular weight is 238 g/mol.